The Hall–Kier alpha value is -3.45. The maximum Gasteiger partial charge on any atom is 0.251 e. The molecule has 226 valence electrons. The molecular weight excluding hydrogens is 578 g/mol. The van der Waals surface area contributed by atoms with Crippen molar-refractivity contribution in [3.8, 4) is 5.75 Å². The number of amides is 1. The summed E-state index contributed by atoms with van der Waals surface area (Å²) in [5.41, 5.74) is 2.11. The summed E-state index contributed by atoms with van der Waals surface area (Å²) in [7, 11) is 1.28. The van der Waals surface area contributed by atoms with Gasteiger partial charge in [0.1, 0.15) is 15.7 Å². The molecule has 0 saturated carbocycles. The summed E-state index contributed by atoms with van der Waals surface area (Å²) < 4.78 is 32.9. The average Bonchev–Trinajstić information content (AvgIpc) is 2.93. The van der Waals surface area contributed by atoms with Crippen LogP contribution in [0, 0.1) is 6.92 Å². The summed E-state index contributed by atoms with van der Waals surface area (Å²) in [4.78, 5) is 24.5. The Bertz CT molecular complexity index is 1540. The Morgan fingerprint density at radius 1 is 1.12 bits per heavy atom. The van der Waals surface area contributed by atoms with Crippen LogP contribution < -0.4 is 20.7 Å². The second-order valence-electron chi connectivity index (χ2n) is 10.8. The van der Waals surface area contributed by atoms with Gasteiger partial charge in [-0.15, -0.1) is 0 Å². The molecule has 0 spiro atoms. The number of rotatable bonds is 10. The molecule has 0 bridgehead atoms. The van der Waals surface area contributed by atoms with Crippen LogP contribution in [0.15, 0.2) is 47.5 Å². The van der Waals surface area contributed by atoms with Crippen LogP contribution in [0.5, 0.6) is 5.75 Å². The van der Waals surface area contributed by atoms with Crippen molar-refractivity contribution in [3.05, 3.63) is 58.7 Å². The normalized spacial score (nSPS) is 14.7. The Kier molecular flexibility index (Phi) is 9.93. The first-order chi connectivity index (χ1) is 19.8. The standard InChI is InChI=1S/C29H38ClN7O4S/c1-18(2)41-25-15-19(3)21(28(38)32-20-11-13-37(6)14-12-20)16-24(25)34-29-31-17-22(30)27(35-29)33-23-9-7-8-10-26(23)42(39,40)36(4)5/h7-10,15-18,20H,11-14H2,1-6H3,(H,32,38)(H2,31,33,34,35). The Labute approximate surface area is 252 Å². The fourth-order valence-electron chi connectivity index (χ4n) is 4.55. The lowest BCUT2D eigenvalue weighted by Gasteiger charge is -2.29. The summed E-state index contributed by atoms with van der Waals surface area (Å²) in [5.74, 6) is 0.760. The van der Waals surface area contributed by atoms with Gasteiger partial charge in [-0.2, -0.15) is 4.98 Å². The van der Waals surface area contributed by atoms with Gasteiger partial charge in [0.15, 0.2) is 5.82 Å². The predicted octanol–water partition coefficient (Wildman–Crippen LogP) is 4.79. The summed E-state index contributed by atoms with van der Waals surface area (Å²) in [6, 6.07) is 10.2. The van der Waals surface area contributed by atoms with Crippen LogP contribution in [0.1, 0.15) is 42.6 Å². The van der Waals surface area contributed by atoms with Crippen molar-refractivity contribution in [1.29, 1.82) is 0 Å². The van der Waals surface area contributed by atoms with Gasteiger partial charge in [0.05, 0.1) is 23.7 Å². The van der Waals surface area contributed by atoms with E-state index >= 15 is 0 Å². The number of nitrogens with zero attached hydrogens (tertiary/aromatic N) is 4. The molecule has 0 unspecified atom stereocenters. The Balaban J connectivity index is 1.64. The number of sulfonamides is 1. The summed E-state index contributed by atoms with van der Waals surface area (Å²) >= 11 is 6.41. The van der Waals surface area contributed by atoms with E-state index < -0.39 is 10.0 Å². The minimum atomic E-state index is -3.74. The van der Waals surface area contributed by atoms with Gasteiger partial charge in [0, 0.05) is 25.7 Å². The molecule has 0 atom stereocenters. The van der Waals surface area contributed by atoms with Crippen molar-refractivity contribution < 1.29 is 17.9 Å². The number of ether oxygens (including phenoxy) is 1. The fourth-order valence-corrected chi connectivity index (χ4v) is 5.73. The number of carbonyl (C=O) groups is 1. The number of nitrogens with one attached hydrogen (secondary N) is 3. The maximum absolute atomic E-state index is 13.3. The number of benzene rings is 2. The Morgan fingerprint density at radius 2 is 1.81 bits per heavy atom. The van der Waals surface area contributed by atoms with Gasteiger partial charge in [0.2, 0.25) is 16.0 Å². The van der Waals surface area contributed by atoms with E-state index in [0.717, 1.165) is 35.8 Å². The van der Waals surface area contributed by atoms with Crippen LogP contribution >= 0.6 is 11.6 Å². The molecule has 0 radical (unpaired) electrons. The summed E-state index contributed by atoms with van der Waals surface area (Å²) in [5, 5.41) is 9.57. The van der Waals surface area contributed by atoms with Gasteiger partial charge < -0.3 is 25.6 Å². The highest BCUT2D eigenvalue weighted by Gasteiger charge is 2.23. The minimum absolute atomic E-state index is 0.0746. The second kappa shape index (κ2) is 13.2. The van der Waals surface area contributed by atoms with E-state index in [1.165, 1.54) is 26.4 Å². The number of halogens is 1. The lowest BCUT2D eigenvalue weighted by Crippen LogP contribution is -2.43. The predicted molar refractivity (Wildman–Crippen MR) is 166 cm³/mol. The van der Waals surface area contributed by atoms with Gasteiger partial charge in [-0.1, -0.05) is 23.7 Å². The van der Waals surface area contributed by atoms with E-state index in [1.54, 1.807) is 24.3 Å². The quantitative estimate of drug-likeness (QED) is 0.295. The van der Waals surface area contributed by atoms with Crippen molar-refractivity contribution in [1.82, 2.24) is 24.5 Å². The molecule has 1 aromatic heterocycles. The van der Waals surface area contributed by atoms with E-state index in [1.807, 2.05) is 26.8 Å². The van der Waals surface area contributed by atoms with Crippen LogP contribution in [-0.2, 0) is 10.0 Å². The van der Waals surface area contributed by atoms with Gasteiger partial charge in [-0.05, 0) is 83.6 Å². The van der Waals surface area contributed by atoms with Crippen LogP contribution in [0.3, 0.4) is 0 Å². The first kappa shape index (κ1) is 31.5. The number of hydrogen-bond donors (Lipinski definition) is 3. The lowest BCUT2D eigenvalue weighted by atomic mass is 10.0. The first-order valence-corrected chi connectivity index (χ1v) is 15.6. The highest BCUT2D eigenvalue weighted by atomic mass is 35.5. The van der Waals surface area contributed by atoms with Crippen LogP contribution in [0.2, 0.25) is 5.02 Å². The van der Waals surface area contributed by atoms with Crippen LogP contribution in [0.25, 0.3) is 0 Å². The molecule has 11 nitrogen and oxygen atoms in total. The number of carbonyl (C=O) groups excluding carboxylic acids is 1. The monoisotopic (exact) mass is 615 g/mol. The first-order valence-electron chi connectivity index (χ1n) is 13.7. The number of para-hydroxylation sites is 1. The van der Waals surface area contributed by atoms with E-state index in [4.69, 9.17) is 16.3 Å². The number of piperidine rings is 1. The molecule has 2 aromatic carbocycles. The van der Waals surface area contributed by atoms with Crippen molar-refractivity contribution in [2.45, 2.75) is 50.7 Å². The number of aromatic nitrogens is 2. The summed E-state index contributed by atoms with van der Waals surface area (Å²) in [6.07, 6.45) is 3.08. The minimum Gasteiger partial charge on any atom is -0.489 e. The topological polar surface area (TPSA) is 129 Å². The zero-order chi connectivity index (χ0) is 30.6. The van der Waals surface area contributed by atoms with Crippen LogP contribution in [-0.4, -0.2) is 79.9 Å². The molecule has 0 aliphatic carbocycles. The van der Waals surface area contributed by atoms with Crippen LogP contribution in [0.4, 0.5) is 23.1 Å². The zero-order valence-electron chi connectivity index (χ0n) is 24.7. The molecule has 1 aliphatic rings. The highest BCUT2D eigenvalue weighted by Crippen LogP contribution is 2.34. The second-order valence-corrected chi connectivity index (χ2v) is 13.3. The summed E-state index contributed by atoms with van der Waals surface area (Å²) in [6.45, 7) is 7.59. The third kappa shape index (κ3) is 7.49. The van der Waals surface area contributed by atoms with E-state index in [2.05, 4.69) is 37.9 Å². The van der Waals surface area contributed by atoms with E-state index in [-0.39, 0.29) is 39.7 Å². The fraction of sp³-hybridized carbons (Fsp3) is 0.414. The number of aryl methyl sites for hydroxylation is 1. The van der Waals surface area contributed by atoms with Crippen molar-refractivity contribution in [2.24, 2.45) is 0 Å². The molecular formula is C29H38ClN7O4S. The molecule has 1 saturated heterocycles. The third-order valence-corrected chi connectivity index (χ3v) is 9.03. The smallest absolute Gasteiger partial charge is 0.251 e. The number of likely N-dealkylation sites (tertiary alicyclic amines) is 1. The maximum atomic E-state index is 13.3. The van der Waals surface area contributed by atoms with Gasteiger partial charge >= 0.3 is 0 Å². The molecule has 1 aliphatic heterocycles. The zero-order valence-corrected chi connectivity index (χ0v) is 26.3. The average molecular weight is 616 g/mol. The molecule has 42 heavy (non-hydrogen) atoms. The molecule has 2 heterocycles. The molecule has 1 fully saturated rings. The number of hydrogen-bond acceptors (Lipinski definition) is 9. The van der Waals surface area contributed by atoms with Crippen molar-refractivity contribution in [2.75, 3.05) is 44.9 Å². The van der Waals surface area contributed by atoms with E-state index in [0.29, 0.717) is 22.7 Å². The van der Waals surface area contributed by atoms with Gasteiger partial charge in [-0.25, -0.2) is 17.7 Å². The highest BCUT2D eigenvalue weighted by molar-refractivity contribution is 7.89. The molecule has 3 aromatic rings. The van der Waals surface area contributed by atoms with Crippen molar-refractivity contribution >= 4 is 50.7 Å². The third-order valence-electron chi connectivity index (χ3n) is 6.88. The Morgan fingerprint density at radius 3 is 2.48 bits per heavy atom. The largest absolute Gasteiger partial charge is 0.489 e. The van der Waals surface area contributed by atoms with Crippen molar-refractivity contribution in [3.63, 3.8) is 0 Å². The lowest BCUT2D eigenvalue weighted by molar-refractivity contribution is 0.0916. The SMILES string of the molecule is Cc1cc(OC(C)C)c(Nc2ncc(Cl)c(Nc3ccccc3S(=O)(=O)N(C)C)n2)cc1C(=O)NC1CCN(C)CC1. The van der Waals surface area contributed by atoms with E-state index in [9.17, 15) is 13.2 Å². The van der Waals surface area contributed by atoms with Gasteiger partial charge in [-0.3, -0.25) is 4.79 Å². The molecule has 4 rings (SSSR count). The molecule has 3 N–H and O–H groups in total. The molecule has 1 amide bonds. The van der Waals surface area contributed by atoms with Gasteiger partial charge in [0.25, 0.3) is 5.91 Å². The number of anilines is 4. The molecule has 13 heteroatoms.